The number of hydrogen-bond donors (Lipinski definition) is 0. The van der Waals surface area contributed by atoms with Crippen LogP contribution in [0.4, 0.5) is 4.79 Å². The SMILES string of the molecule is CCOC(=O)N1CCC(=O)CC1c1ccc(OCCCCCc2ccccc2)cc1OCc1ccccc1. The molecule has 1 heterocycles. The molecule has 0 N–H and O–H groups in total. The van der Waals surface area contributed by atoms with Crippen molar-refractivity contribution < 1.29 is 23.8 Å². The van der Waals surface area contributed by atoms with Crippen LogP contribution in [0.3, 0.4) is 0 Å². The zero-order valence-corrected chi connectivity index (χ0v) is 22.1. The molecule has 1 aliphatic heterocycles. The molecule has 0 bridgehead atoms. The molecule has 0 aliphatic carbocycles. The average Bonchev–Trinajstić information content (AvgIpc) is 2.95. The van der Waals surface area contributed by atoms with E-state index < -0.39 is 12.1 Å². The number of rotatable bonds is 12. The fourth-order valence-electron chi connectivity index (χ4n) is 4.71. The fourth-order valence-corrected chi connectivity index (χ4v) is 4.71. The molecule has 1 unspecified atom stereocenters. The number of hydrogen-bond acceptors (Lipinski definition) is 5. The van der Waals surface area contributed by atoms with Gasteiger partial charge in [-0.15, -0.1) is 0 Å². The lowest BCUT2D eigenvalue weighted by Gasteiger charge is -2.35. The summed E-state index contributed by atoms with van der Waals surface area (Å²) in [6.45, 7) is 3.39. The summed E-state index contributed by atoms with van der Waals surface area (Å²) in [7, 11) is 0. The van der Waals surface area contributed by atoms with Crippen LogP contribution in [0, 0.1) is 0 Å². The third-order valence-corrected chi connectivity index (χ3v) is 6.73. The molecule has 38 heavy (non-hydrogen) atoms. The largest absolute Gasteiger partial charge is 0.493 e. The van der Waals surface area contributed by atoms with Crippen LogP contribution in [-0.2, 0) is 22.6 Å². The van der Waals surface area contributed by atoms with Gasteiger partial charge in [-0.05, 0) is 55.9 Å². The molecule has 3 aromatic rings. The summed E-state index contributed by atoms with van der Waals surface area (Å²) in [6, 6.07) is 25.7. The predicted octanol–water partition coefficient (Wildman–Crippen LogP) is 6.92. The molecule has 1 amide bonds. The van der Waals surface area contributed by atoms with Crippen molar-refractivity contribution in [1.82, 2.24) is 4.90 Å². The van der Waals surface area contributed by atoms with E-state index in [0.717, 1.165) is 36.8 Å². The van der Waals surface area contributed by atoms with Crippen LogP contribution in [0.5, 0.6) is 11.5 Å². The quantitative estimate of drug-likeness (QED) is 0.245. The van der Waals surface area contributed by atoms with Crippen LogP contribution in [0.2, 0.25) is 0 Å². The molecule has 6 heteroatoms. The lowest BCUT2D eigenvalue weighted by molar-refractivity contribution is -0.122. The van der Waals surface area contributed by atoms with E-state index in [1.165, 1.54) is 5.56 Å². The van der Waals surface area contributed by atoms with Gasteiger partial charge < -0.3 is 19.1 Å². The number of ketones is 1. The zero-order valence-electron chi connectivity index (χ0n) is 22.1. The Kier molecular flexibility index (Phi) is 10.2. The number of nitrogens with zero attached hydrogens (tertiary/aromatic N) is 1. The van der Waals surface area contributed by atoms with Gasteiger partial charge in [0.2, 0.25) is 0 Å². The highest BCUT2D eigenvalue weighted by molar-refractivity contribution is 5.83. The molecular weight excluding hydrogens is 478 g/mol. The van der Waals surface area contributed by atoms with Crippen LogP contribution in [0.25, 0.3) is 0 Å². The summed E-state index contributed by atoms with van der Waals surface area (Å²) in [4.78, 5) is 26.7. The lowest BCUT2D eigenvalue weighted by Crippen LogP contribution is -2.41. The molecule has 1 aliphatic rings. The first kappa shape index (κ1) is 27.2. The van der Waals surface area contributed by atoms with Crippen LogP contribution in [-0.4, -0.2) is 36.5 Å². The highest BCUT2D eigenvalue weighted by Crippen LogP contribution is 2.38. The first-order chi connectivity index (χ1) is 18.6. The zero-order chi connectivity index (χ0) is 26.6. The Balaban J connectivity index is 1.44. The van der Waals surface area contributed by atoms with Gasteiger partial charge in [0.15, 0.2) is 0 Å². The number of unbranched alkanes of at least 4 members (excludes halogenated alkanes) is 2. The van der Waals surface area contributed by atoms with Gasteiger partial charge in [-0.1, -0.05) is 60.7 Å². The van der Waals surface area contributed by atoms with E-state index in [2.05, 4.69) is 24.3 Å². The van der Waals surface area contributed by atoms with Gasteiger partial charge in [-0.3, -0.25) is 4.79 Å². The Hall–Kier alpha value is -3.80. The average molecular weight is 516 g/mol. The Bertz CT molecular complexity index is 1160. The number of carbonyl (C=O) groups excluding carboxylic acids is 2. The minimum atomic E-state index is -0.437. The standard InChI is InChI=1S/C32H37NO5/c1-2-36-32(35)33-20-19-27(34)22-30(33)29-18-17-28(23-31(29)38-24-26-15-8-4-9-16-26)37-21-11-5-10-14-25-12-6-3-7-13-25/h3-4,6-9,12-13,15-18,23,30H,2,5,10-11,14,19-22,24H2,1H3. The van der Waals surface area contributed by atoms with Gasteiger partial charge in [0, 0.05) is 31.0 Å². The second kappa shape index (κ2) is 14.2. The van der Waals surface area contributed by atoms with E-state index in [9.17, 15) is 9.59 Å². The van der Waals surface area contributed by atoms with Crippen LogP contribution in [0.1, 0.15) is 61.8 Å². The molecule has 1 saturated heterocycles. The second-order valence-electron chi connectivity index (χ2n) is 9.52. The van der Waals surface area contributed by atoms with E-state index in [4.69, 9.17) is 14.2 Å². The molecule has 4 rings (SSSR count). The summed E-state index contributed by atoms with van der Waals surface area (Å²) < 4.78 is 17.6. The van der Waals surface area contributed by atoms with Crippen molar-refractivity contribution in [2.45, 2.75) is 58.1 Å². The van der Waals surface area contributed by atoms with Gasteiger partial charge in [-0.25, -0.2) is 4.79 Å². The van der Waals surface area contributed by atoms with E-state index in [-0.39, 0.29) is 18.8 Å². The summed E-state index contributed by atoms with van der Waals surface area (Å²) in [5.41, 5.74) is 3.18. The van der Waals surface area contributed by atoms with Gasteiger partial charge in [0.1, 0.15) is 23.9 Å². The van der Waals surface area contributed by atoms with E-state index in [1.807, 2.05) is 54.6 Å². The number of ether oxygens (including phenoxy) is 3. The maximum Gasteiger partial charge on any atom is 0.410 e. The topological polar surface area (TPSA) is 65.1 Å². The van der Waals surface area contributed by atoms with Gasteiger partial charge >= 0.3 is 6.09 Å². The van der Waals surface area contributed by atoms with Crippen LogP contribution >= 0.6 is 0 Å². The number of aryl methyl sites for hydroxylation is 1. The Morgan fingerprint density at radius 1 is 0.895 bits per heavy atom. The monoisotopic (exact) mass is 515 g/mol. The van der Waals surface area contributed by atoms with Gasteiger partial charge in [-0.2, -0.15) is 0 Å². The third-order valence-electron chi connectivity index (χ3n) is 6.73. The summed E-state index contributed by atoms with van der Waals surface area (Å²) in [6.07, 6.45) is 4.41. The first-order valence-electron chi connectivity index (χ1n) is 13.6. The molecule has 200 valence electrons. The number of carbonyl (C=O) groups is 2. The predicted molar refractivity (Wildman–Crippen MR) is 147 cm³/mol. The lowest BCUT2D eigenvalue weighted by atomic mass is 9.94. The van der Waals surface area contributed by atoms with Crippen molar-refractivity contribution in [3.63, 3.8) is 0 Å². The van der Waals surface area contributed by atoms with E-state index in [1.54, 1.807) is 11.8 Å². The Morgan fingerprint density at radius 2 is 1.63 bits per heavy atom. The minimum Gasteiger partial charge on any atom is -0.493 e. The second-order valence-corrected chi connectivity index (χ2v) is 9.52. The highest BCUT2D eigenvalue weighted by Gasteiger charge is 2.34. The normalized spacial score (nSPS) is 15.2. The van der Waals surface area contributed by atoms with Crippen molar-refractivity contribution in [2.75, 3.05) is 19.8 Å². The summed E-state index contributed by atoms with van der Waals surface area (Å²) >= 11 is 0. The molecule has 0 saturated carbocycles. The van der Waals surface area contributed by atoms with Crippen molar-refractivity contribution in [3.8, 4) is 11.5 Å². The minimum absolute atomic E-state index is 0.125. The molecule has 0 aromatic heterocycles. The number of likely N-dealkylation sites (tertiary alicyclic amines) is 1. The maximum absolute atomic E-state index is 12.7. The maximum atomic E-state index is 12.7. The molecule has 1 atom stereocenters. The highest BCUT2D eigenvalue weighted by atomic mass is 16.6. The van der Waals surface area contributed by atoms with E-state index in [0.29, 0.717) is 37.7 Å². The smallest absolute Gasteiger partial charge is 0.410 e. The number of piperidine rings is 1. The van der Waals surface area contributed by atoms with Crippen molar-refractivity contribution in [3.05, 3.63) is 95.6 Å². The van der Waals surface area contributed by atoms with Crippen molar-refractivity contribution in [2.24, 2.45) is 0 Å². The van der Waals surface area contributed by atoms with Crippen molar-refractivity contribution >= 4 is 11.9 Å². The molecule has 0 spiro atoms. The Morgan fingerprint density at radius 3 is 2.37 bits per heavy atom. The molecule has 0 radical (unpaired) electrons. The number of Topliss-reactive ketones (excluding diaryl/α,β-unsaturated/α-hetero) is 1. The summed E-state index contributed by atoms with van der Waals surface area (Å²) in [5, 5.41) is 0. The Labute approximate surface area is 225 Å². The first-order valence-corrected chi connectivity index (χ1v) is 13.6. The summed E-state index contributed by atoms with van der Waals surface area (Å²) in [5.74, 6) is 1.45. The van der Waals surface area contributed by atoms with Gasteiger partial charge in [0.25, 0.3) is 0 Å². The number of benzene rings is 3. The van der Waals surface area contributed by atoms with E-state index >= 15 is 0 Å². The molecule has 1 fully saturated rings. The van der Waals surface area contributed by atoms with Crippen LogP contribution in [0.15, 0.2) is 78.9 Å². The fraction of sp³-hybridized carbons (Fsp3) is 0.375. The molecular formula is C32H37NO5. The van der Waals surface area contributed by atoms with Crippen LogP contribution < -0.4 is 9.47 Å². The van der Waals surface area contributed by atoms with Gasteiger partial charge in [0.05, 0.1) is 19.3 Å². The molecule has 3 aromatic carbocycles. The third kappa shape index (κ3) is 7.85. The number of amides is 1. The van der Waals surface area contributed by atoms with Crippen molar-refractivity contribution in [1.29, 1.82) is 0 Å². The molecule has 6 nitrogen and oxygen atoms in total.